The summed E-state index contributed by atoms with van der Waals surface area (Å²) in [6, 6.07) is 6.11. The maximum atomic E-state index is 13.1. The molecule has 0 spiro atoms. The van der Waals surface area contributed by atoms with Crippen LogP contribution in [-0.2, 0) is 21.1 Å². The fourth-order valence-electron chi connectivity index (χ4n) is 3.05. The van der Waals surface area contributed by atoms with Gasteiger partial charge in [0, 0.05) is 17.2 Å². The zero-order valence-electron chi connectivity index (χ0n) is 15.1. The summed E-state index contributed by atoms with van der Waals surface area (Å²) in [7, 11) is -3.06. The van der Waals surface area contributed by atoms with E-state index in [1.54, 1.807) is 12.1 Å². The van der Waals surface area contributed by atoms with E-state index in [-0.39, 0.29) is 34.5 Å². The van der Waals surface area contributed by atoms with Crippen LogP contribution >= 0.6 is 11.8 Å². The summed E-state index contributed by atoms with van der Waals surface area (Å²) in [6.07, 6.45) is 0.632. The first-order valence-corrected chi connectivity index (χ1v) is 11.3. The second kappa shape index (κ2) is 6.96. The molecule has 142 valence electrons. The van der Waals surface area contributed by atoms with Crippen molar-refractivity contribution >= 4 is 32.7 Å². The summed E-state index contributed by atoms with van der Waals surface area (Å²) >= 11 is 1.39. The van der Waals surface area contributed by atoms with E-state index < -0.39 is 15.3 Å². The predicted molar refractivity (Wildman–Crippen MR) is 103 cm³/mol. The van der Waals surface area contributed by atoms with Crippen LogP contribution in [0.1, 0.15) is 26.3 Å². The maximum Gasteiger partial charge on any atom is 0.253 e. The van der Waals surface area contributed by atoms with Gasteiger partial charge in [0.2, 0.25) is 0 Å². The molecule has 1 aromatic rings. The van der Waals surface area contributed by atoms with E-state index in [2.05, 4.69) is 4.99 Å². The number of rotatable bonds is 3. The molecular formula is C18H23FN2O3S2. The molecule has 0 aromatic heterocycles. The second-order valence-corrected chi connectivity index (χ2v) is 11.2. The Morgan fingerprint density at radius 3 is 2.54 bits per heavy atom. The first-order valence-electron chi connectivity index (χ1n) is 8.56. The third kappa shape index (κ3) is 4.28. The molecule has 0 N–H and O–H groups in total. The van der Waals surface area contributed by atoms with Gasteiger partial charge in [-0.2, -0.15) is 4.99 Å². The fourth-order valence-corrected chi connectivity index (χ4v) is 7.03. The van der Waals surface area contributed by atoms with Crippen LogP contribution in [0.3, 0.4) is 0 Å². The summed E-state index contributed by atoms with van der Waals surface area (Å²) in [6.45, 7) is 5.99. The highest BCUT2D eigenvalue weighted by Crippen LogP contribution is 2.38. The smallest absolute Gasteiger partial charge is 0.253 e. The van der Waals surface area contributed by atoms with Crippen molar-refractivity contribution in [1.29, 1.82) is 0 Å². The number of hydrogen-bond acceptors (Lipinski definition) is 4. The Morgan fingerprint density at radius 2 is 1.92 bits per heavy atom. The summed E-state index contributed by atoms with van der Waals surface area (Å²) in [5.41, 5.74) is 0.377. The molecule has 26 heavy (non-hydrogen) atoms. The van der Waals surface area contributed by atoms with Gasteiger partial charge in [0.05, 0.1) is 17.5 Å². The average Bonchev–Trinajstić information content (AvgIpc) is 2.97. The number of amides is 1. The molecule has 2 saturated heterocycles. The molecule has 1 amide bonds. The molecule has 0 bridgehead atoms. The van der Waals surface area contributed by atoms with Crippen LogP contribution in [0.5, 0.6) is 0 Å². The van der Waals surface area contributed by atoms with Crippen LogP contribution in [0.25, 0.3) is 0 Å². The Bertz CT molecular complexity index is 829. The van der Waals surface area contributed by atoms with Crippen molar-refractivity contribution in [3.63, 3.8) is 0 Å². The summed E-state index contributed by atoms with van der Waals surface area (Å²) < 4.78 is 37.1. The van der Waals surface area contributed by atoms with E-state index in [9.17, 15) is 17.6 Å². The third-order valence-electron chi connectivity index (χ3n) is 4.57. The van der Waals surface area contributed by atoms with E-state index in [4.69, 9.17) is 0 Å². The average molecular weight is 399 g/mol. The Hall–Kier alpha value is -1.41. The monoisotopic (exact) mass is 398 g/mol. The zero-order valence-corrected chi connectivity index (χ0v) is 16.7. The van der Waals surface area contributed by atoms with Gasteiger partial charge in [-0.3, -0.25) is 4.79 Å². The standard InChI is InChI=1S/C18H23FN2O3S2/c1-18(2,3)16(22)20-17-21(9-8-12-4-6-13(19)7-5-12)14-10-26(23,24)11-15(14)25-17/h4-7,14-15H,8-11H2,1-3H3/t14-,15+/m0/s1. The Labute approximate surface area is 158 Å². The van der Waals surface area contributed by atoms with Crippen LogP contribution in [0, 0.1) is 11.2 Å². The van der Waals surface area contributed by atoms with Gasteiger partial charge in [0.1, 0.15) is 5.82 Å². The van der Waals surface area contributed by atoms with Crippen LogP contribution in [0.2, 0.25) is 0 Å². The molecule has 2 atom stereocenters. The third-order valence-corrected chi connectivity index (χ3v) is 7.82. The van der Waals surface area contributed by atoms with Crippen molar-refractivity contribution < 1.29 is 17.6 Å². The number of thioether (sulfide) groups is 1. The molecule has 0 radical (unpaired) electrons. The number of halogens is 1. The van der Waals surface area contributed by atoms with Gasteiger partial charge < -0.3 is 4.90 Å². The van der Waals surface area contributed by atoms with Gasteiger partial charge in [0.15, 0.2) is 15.0 Å². The molecule has 0 unspecified atom stereocenters. The van der Waals surface area contributed by atoms with Crippen molar-refractivity contribution in [2.24, 2.45) is 10.4 Å². The number of carbonyl (C=O) groups is 1. The molecule has 2 heterocycles. The zero-order chi connectivity index (χ0) is 19.1. The van der Waals surface area contributed by atoms with E-state index in [1.807, 2.05) is 25.7 Å². The number of sulfone groups is 1. The molecular weight excluding hydrogens is 375 g/mol. The minimum absolute atomic E-state index is 0.0836. The van der Waals surface area contributed by atoms with Crippen LogP contribution in [-0.4, -0.2) is 53.7 Å². The van der Waals surface area contributed by atoms with Crippen molar-refractivity contribution in [3.05, 3.63) is 35.6 Å². The largest absolute Gasteiger partial charge is 0.346 e. The molecule has 3 rings (SSSR count). The van der Waals surface area contributed by atoms with Crippen molar-refractivity contribution in [3.8, 4) is 0 Å². The highest BCUT2D eigenvalue weighted by atomic mass is 32.2. The molecule has 0 aliphatic carbocycles. The molecule has 8 heteroatoms. The number of carbonyl (C=O) groups excluding carboxylic acids is 1. The van der Waals surface area contributed by atoms with Gasteiger partial charge in [-0.15, -0.1) is 0 Å². The minimum Gasteiger partial charge on any atom is -0.346 e. The molecule has 5 nitrogen and oxygen atoms in total. The fraction of sp³-hybridized carbons (Fsp3) is 0.556. The molecule has 2 aliphatic rings. The normalized spacial score (nSPS) is 26.3. The molecule has 0 saturated carbocycles. The van der Waals surface area contributed by atoms with Gasteiger partial charge >= 0.3 is 0 Å². The number of fused-ring (bicyclic) bond motifs is 1. The minimum atomic E-state index is -3.06. The van der Waals surface area contributed by atoms with E-state index in [0.29, 0.717) is 18.1 Å². The molecule has 2 fully saturated rings. The number of hydrogen-bond donors (Lipinski definition) is 0. The Morgan fingerprint density at radius 1 is 1.27 bits per heavy atom. The SMILES string of the molecule is CC(C)(C)C(=O)N=C1S[C@@H]2CS(=O)(=O)C[C@@H]2N1CCc1ccc(F)cc1. The van der Waals surface area contributed by atoms with Gasteiger partial charge in [-0.25, -0.2) is 12.8 Å². The van der Waals surface area contributed by atoms with Crippen molar-refractivity contribution in [1.82, 2.24) is 4.90 Å². The lowest BCUT2D eigenvalue weighted by Gasteiger charge is -2.25. The number of aliphatic imine (C=N–C) groups is 1. The van der Waals surface area contributed by atoms with E-state index in [0.717, 1.165) is 5.56 Å². The summed E-state index contributed by atoms with van der Waals surface area (Å²) in [5, 5.41) is 0.525. The molecule has 2 aliphatic heterocycles. The van der Waals surface area contributed by atoms with Crippen molar-refractivity contribution in [2.45, 2.75) is 38.5 Å². The highest BCUT2D eigenvalue weighted by molar-refractivity contribution is 8.15. The lowest BCUT2D eigenvalue weighted by atomic mass is 9.96. The second-order valence-electron chi connectivity index (χ2n) is 7.82. The van der Waals surface area contributed by atoms with Gasteiger partial charge in [-0.1, -0.05) is 44.7 Å². The lowest BCUT2D eigenvalue weighted by Crippen LogP contribution is -2.39. The summed E-state index contributed by atoms with van der Waals surface area (Å²) in [4.78, 5) is 18.6. The Balaban J connectivity index is 1.81. The van der Waals surface area contributed by atoms with E-state index >= 15 is 0 Å². The van der Waals surface area contributed by atoms with Crippen molar-refractivity contribution in [2.75, 3.05) is 18.1 Å². The predicted octanol–water partition coefficient (Wildman–Crippen LogP) is 2.51. The number of amidine groups is 1. The highest BCUT2D eigenvalue weighted by Gasteiger charge is 2.48. The lowest BCUT2D eigenvalue weighted by molar-refractivity contribution is -0.124. The summed E-state index contributed by atoms with van der Waals surface area (Å²) in [5.74, 6) is -0.283. The van der Waals surface area contributed by atoms with Crippen LogP contribution < -0.4 is 0 Å². The van der Waals surface area contributed by atoms with Crippen LogP contribution in [0.4, 0.5) is 4.39 Å². The van der Waals surface area contributed by atoms with Crippen LogP contribution in [0.15, 0.2) is 29.3 Å². The quantitative estimate of drug-likeness (QED) is 0.783. The Kier molecular flexibility index (Phi) is 5.18. The number of nitrogens with zero attached hydrogens (tertiary/aromatic N) is 2. The van der Waals surface area contributed by atoms with Gasteiger partial charge in [-0.05, 0) is 24.1 Å². The maximum absolute atomic E-state index is 13.1. The molecule has 1 aromatic carbocycles. The van der Waals surface area contributed by atoms with Gasteiger partial charge in [0.25, 0.3) is 5.91 Å². The topological polar surface area (TPSA) is 66.8 Å². The first kappa shape index (κ1) is 19.4. The number of benzene rings is 1. The van der Waals surface area contributed by atoms with E-state index in [1.165, 1.54) is 23.9 Å². The first-order chi connectivity index (χ1) is 12.0.